The first-order chi connectivity index (χ1) is 38.6. The van der Waals surface area contributed by atoms with Gasteiger partial charge in [-0.25, -0.2) is 4.79 Å². The zero-order valence-corrected chi connectivity index (χ0v) is 51.0. The molecule has 0 aromatic rings. The van der Waals surface area contributed by atoms with E-state index in [0.717, 1.165) is 122 Å². The Hall–Kier alpha value is -4.57. The highest BCUT2D eigenvalue weighted by atomic mass is 16.7. The first-order valence-corrected chi connectivity index (χ1v) is 31.3. The van der Waals surface area contributed by atoms with Crippen molar-refractivity contribution in [1.29, 1.82) is 0 Å². The van der Waals surface area contributed by atoms with Crippen LogP contribution < -0.4 is 0 Å². The quantitative estimate of drug-likeness (QED) is 0.0211. The largest absolute Gasteiger partial charge is 0.477 e. The summed E-state index contributed by atoms with van der Waals surface area (Å²) in [7, 11) is 5.96. The first-order valence-electron chi connectivity index (χ1n) is 31.3. The molecule has 2 unspecified atom stereocenters. The Kier molecular flexibility index (Phi) is 56.1. The number of ether oxygens (including phenoxy) is 4. The summed E-state index contributed by atoms with van der Waals surface area (Å²) >= 11 is 0. The summed E-state index contributed by atoms with van der Waals surface area (Å²) in [6.45, 7) is 4.71. The molecule has 0 rings (SSSR count). The van der Waals surface area contributed by atoms with Crippen LogP contribution in [-0.2, 0) is 33.3 Å². The van der Waals surface area contributed by atoms with Gasteiger partial charge in [-0.2, -0.15) is 0 Å². The van der Waals surface area contributed by atoms with Crippen LogP contribution >= 0.6 is 0 Å². The molecule has 1 N–H and O–H groups in total. The van der Waals surface area contributed by atoms with Crippen LogP contribution in [0.1, 0.15) is 232 Å². The molecule has 9 nitrogen and oxygen atoms in total. The van der Waals surface area contributed by atoms with Gasteiger partial charge in [0.25, 0.3) is 6.29 Å². The zero-order chi connectivity index (χ0) is 57.6. The minimum Gasteiger partial charge on any atom is -0.477 e. The van der Waals surface area contributed by atoms with Crippen molar-refractivity contribution in [1.82, 2.24) is 0 Å². The minimum atomic E-state index is -1.52. The van der Waals surface area contributed by atoms with Crippen molar-refractivity contribution >= 4 is 17.9 Å². The number of carboxylic acids is 1. The van der Waals surface area contributed by atoms with Crippen LogP contribution in [-0.4, -0.2) is 87.4 Å². The summed E-state index contributed by atoms with van der Waals surface area (Å²) in [5.74, 6) is -2.03. The van der Waals surface area contributed by atoms with Crippen molar-refractivity contribution in [3.63, 3.8) is 0 Å². The van der Waals surface area contributed by atoms with Crippen molar-refractivity contribution in [2.75, 3.05) is 47.5 Å². The number of quaternary nitrogens is 1. The molecule has 0 aliphatic carbocycles. The molecule has 448 valence electrons. The second-order valence-corrected chi connectivity index (χ2v) is 21.6. The van der Waals surface area contributed by atoms with Gasteiger partial charge >= 0.3 is 17.9 Å². The van der Waals surface area contributed by atoms with Gasteiger partial charge in [-0.15, -0.1) is 0 Å². The molecular weight excluding hydrogens is 983 g/mol. The Balaban J connectivity index is 4.21. The normalized spacial score (nSPS) is 13.7. The Morgan fingerprint density at radius 2 is 0.722 bits per heavy atom. The second kappa shape index (κ2) is 59.5. The lowest BCUT2D eigenvalue weighted by Crippen LogP contribution is -2.40. The van der Waals surface area contributed by atoms with E-state index in [1.165, 1.54) is 77.0 Å². The maximum atomic E-state index is 12.9. The predicted octanol–water partition coefficient (Wildman–Crippen LogP) is 19.0. The molecule has 0 heterocycles. The summed E-state index contributed by atoms with van der Waals surface area (Å²) in [6, 6.07) is 0. The monoisotopic (exact) mass is 1100 g/mol. The van der Waals surface area contributed by atoms with Crippen molar-refractivity contribution < 1.29 is 42.9 Å². The average molecular weight is 1100 g/mol. The molecule has 0 aromatic carbocycles. The summed E-state index contributed by atoms with van der Waals surface area (Å²) in [4.78, 5) is 37.5. The zero-order valence-electron chi connectivity index (χ0n) is 51.0. The Morgan fingerprint density at radius 3 is 1.08 bits per heavy atom. The van der Waals surface area contributed by atoms with Crippen molar-refractivity contribution in [2.45, 2.75) is 245 Å². The molecular formula is C70H116NO8+. The van der Waals surface area contributed by atoms with Crippen LogP contribution in [0.4, 0.5) is 0 Å². The van der Waals surface area contributed by atoms with Gasteiger partial charge in [-0.3, -0.25) is 9.59 Å². The van der Waals surface area contributed by atoms with Crippen LogP contribution in [0.2, 0.25) is 0 Å². The van der Waals surface area contributed by atoms with E-state index in [-0.39, 0.29) is 38.6 Å². The molecule has 0 bridgehead atoms. The van der Waals surface area contributed by atoms with Gasteiger partial charge in [0.1, 0.15) is 13.2 Å². The average Bonchev–Trinajstić information content (AvgIpc) is 3.42. The van der Waals surface area contributed by atoms with Crippen molar-refractivity contribution in [3.8, 4) is 0 Å². The van der Waals surface area contributed by atoms with Gasteiger partial charge in [0.15, 0.2) is 6.10 Å². The lowest BCUT2D eigenvalue weighted by atomic mass is 10.1. The smallest absolute Gasteiger partial charge is 0.361 e. The molecule has 0 saturated carbocycles. The molecule has 9 heteroatoms. The molecule has 0 aliphatic heterocycles. The number of hydrogen-bond acceptors (Lipinski definition) is 7. The molecule has 0 fully saturated rings. The third-order valence-corrected chi connectivity index (χ3v) is 12.9. The molecule has 79 heavy (non-hydrogen) atoms. The van der Waals surface area contributed by atoms with E-state index in [4.69, 9.17) is 18.9 Å². The van der Waals surface area contributed by atoms with E-state index in [1.54, 1.807) is 0 Å². The number of allylic oxidation sites excluding steroid dienone is 22. The topological polar surface area (TPSA) is 108 Å². The third-order valence-electron chi connectivity index (χ3n) is 12.9. The fourth-order valence-electron chi connectivity index (χ4n) is 8.09. The summed E-state index contributed by atoms with van der Waals surface area (Å²) < 4.78 is 22.9. The number of nitrogens with zero attached hydrogens (tertiary/aromatic N) is 1. The number of carbonyl (C=O) groups is 3. The van der Waals surface area contributed by atoms with Crippen LogP contribution in [0.25, 0.3) is 0 Å². The Labute approximate surface area is 484 Å². The van der Waals surface area contributed by atoms with E-state index >= 15 is 0 Å². The Bertz CT molecular complexity index is 1750. The van der Waals surface area contributed by atoms with Gasteiger partial charge in [0.2, 0.25) is 0 Å². The van der Waals surface area contributed by atoms with Crippen molar-refractivity contribution in [2.24, 2.45) is 0 Å². The summed E-state index contributed by atoms with van der Waals surface area (Å²) in [5.41, 5.74) is 0. The molecule has 0 saturated heterocycles. The van der Waals surface area contributed by atoms with Gasteiger partial charge in [-0.05, 0) is 116 Å². The maximum absolute atomic E-state index is 12.9. The lowest BCUT2D eigenvalue weighted by molar-refractivity contribution is -0.870. The van der Waals surface area contributed by atoms with Gasteiger partial charge in [-0.1, -0.05) is 237 Å². The number of carbonyl (C=O) groups excluding carboxylic acids is 2. The van der Waals surface area contributed by atoms with E-state index in [9.17, 15) is 19.5 Å². The number of hydrogen-bond donors (Lipinski definition) is 1. The van der Waals surface area contributed by atoms with Crippen LogP contribution in [0, 0.1) is 0 Å². The van der Waals surface area contributed by atoms with E-state index in [1.807, 2.05) is 21.1 Å². The fourth-order valence-corrected chi connectivity index (χ4v) is 8.09. The highest BCUT2D eigenvalue weighted by molar-refractivity contribution is 5.71. The van der Waals surface area contributed by atoms with E-state index in [0.29, 0.717) is 17.4 Å². The number of likely N-dealkylation sites (N-methyl/N-ethyl adjacent to an activating group) is 1. The molecule has 0 amide bonds. The lowest BCUT2D eigenvalue weighted by Gasteiger charge is -2.25. The highest BCUT2D eigenvalue weighted by Crippen LogP contribution is 2.15. The standard InChI is InChI=1S/C70H115NO8/c1-6-8-10-12-14-16-18-20-22-24-25-26-27-28-29-30-31-32-33-34-35-36-37-38-39-40-41-42-43-45-47-49-51-53-55-57-59-61-68(73)79-66(65-78-70(69(74)75)76-63-62-71(3,4)5)64-77-67(72)60-58-56-54-52-50-48-46-44-23-21-19-17-15-13-11-9-7-2/h8,10,14-17,20-23,25-26,28-29,31-32,34-35,37-38,40-41,66,70H,6-7,9,11-13,18-19,24,27,30,33,36,39,42-65H2,1-5H3/p+1/b10-8-,16-14-,17-15-,22-20-,23-21-,26-25-,29-28-,32-31-,35-34-,38-37-,41-40-. The first kappa shape index (κ1) is 74.4. The number of carboxylic acid groups (broad SMARTS) is 1. The van der Waals surface area contributed by atoms with Gasteiger partial charge in [0, 0.05) is 12.8 Å². The SMILES string of the molecule is CC/C=C\C/C=C\C/C=C\C/C=C\C/C=C\C/C=C\C/C=C\C/C=C\C/C=C\CCCCCCCCCCCC(=O)OC(COC(=O)CCCCCCCCC/C=C\C/C=C\CCCCC)COC(OCC[N+](C)(C)C)C(=O)O. The summed E-state index contributed by atoms with van der Waals surface area (Å²) in [6.07, 6.45) is 82.5. The number of aliphatic carboxylic acids is 1. The van der Waals surface area contributed by atoms with E-state index in [2.05, 4.69) is 148 Å². The second-order valence-electron chi connectivity index (χ2n) is 21.6. The molecule has 0 aromatic heterocycles. The predicted molar refractivity (Wildman–Crippen MR) is 336 cm³/mol. The van der Waals surface area contributed by atoms with Crippen LogP contribution in [0.5, 0.6) is 0 Å². The molecule has 0 spiro atoms. The van der Waals surface area contributed by atoms with E-state index < -0.39 is 24.3 Å². The van der Waals surface area contributed by atoms with Gasteiger partial charge < -0.3 is 28.5 Å². The highest BCUT2D eigenvalue weighted by Gasteiger charge is 2.25. The number of esters is 2. The number of rotatable bonds is 56. The van der Waals surface area contributed by atoms with Crippen LogP contribution in [0.15, 0.2) is 134 Å². The third kappa shape index (κ3) is 60.9. The molecule has 0 radical (unpaired) electrons. The van der Waals surface area contributed by atoms with Crippen LogP contribution in [0.3, 0.4) is 0 Å². The number of unbranched alkanes of at least 4 members (excludes halogenated alkanes) is 19. The Morgan fingerprint density at radius 1 is 0.392 bits per heavy atom. The fraction of sp³-hybridized carbons (Fsp3) is 0.643. The minimum absolute atomic E-state index is 0.179. The maximum Gasteiger partial charge on any atom is 0.361 e. The molecule has 2 atom stereocenters. The molecule has 0 aliphatic rings. The summed E-state index contributed by atoms with van der Waals surface area (Å²) in [5, 5.41) is 9.71. The van der Waals surface area contributed by atoms with Gasteiger partial charge in [0.05, 0.1) is 34.4 Å². The van der Waals surface area contributed by atoms with Crippen molar-refractivity contribution in [3.05, 3.63) is 134 Å².